The minimum absolute atomic E-state index is 0. The predicted molar refractivity (Wildman–Crippen MR) is 112 cm³/mol. The molecule has 0 aliphatic rings. The normalized spacial score (nSPS) is 11.4. The van der Waals surface area contributed by atoms with Gasteiger partial charge in [-0.25, -0.2) is 0 Å². The maximum atomic E-state index is 5.92. The number of thiophene rings is 1. The molecule has 0 spiro atoms. The summed E-state index contributed by atoms with van der Waals surface area (Å²) in [5.74, 6) is 0.841. The van der Waals surface area contributed by atoms with E-state index < -0.39 is 0 Å². The van der Waals surface area contributed by atoms with Crippen LogP contribution in [0.15, 0.2) is 17.1 Å². The van der Waals surface area contributed by atoms with Gasteiger partial charge >= 0.3 is 0 Å². The summed E-state index contributed by atoms with van der Waals surface area (Å²) in [7, 11) is 5.65. The van der Waals surface area contributed by atoms with Crippen LogP contribution in [0.5, 0.6) is 0 Å². The molecule has 8 heteroatoms. The number of hydrogen-bond donors (Lipinski definition) is 2. The highest BCUT2D eigenvalue weighted by Gasteiger charge is 2.02. The Morgan fingerprint density at radius 2 is 2.04 bits per heavy atom. The van der Waals surface area contributed by atoms with E-state index in [0.717, 1.165) is 55.9 Å². The van der Waals surface area contributed by atoms with Crippen LogP contribution >= 0.6 is 46.9 Å². The molecule has 1 aromatic rings. The molecule has 0 bridgehead atoms. The van der Waals surface area contributed by atoms with E-state index in [2.05, 4.69) is 33.6 Å². The fraction of sp³-hybridized carbons (Fsp3) is 0.667. The van der Waals surface area contributed by atoms with Crippen molar-refractivity contribution in [1.29, 1.82) is 0 Å². The van der Waals surface area contributed by atoms with E-state index in [9.17, 15) is 0 Å². The van der Waals surface area contributed by atoms with Crippen LogP contribution in [0.1, 0.15) is 11.3 Å². The lowest BCUT2D eigenvalue weighted by Gasteiger charge is -2.18. The summed E-state index contributed by atoms with van der Waals surface area (Å²) in [5.41, 5.74) is 0. The maximum absolute atomic E-state index is 5.92. The van der Waals surface area contributed by atoms with Crippen molar-refractivity contribution >= 4 is 52.9 Å². The first kappa shape index (κ1) is 22.9. The Hall–Kier alpha value is -0.0900. The Morgan fingerprint density at radius 3 is 2.65 bits per heavy atom. The standard InChI is InChI=1S/C15H27ClN4OS.HI/c1-17-15(18-8-7-13-5-6-14(16)22-13)19-9-11-20(2)10-4-12-21-3;/h5-6H,4,7-12H2,1-3H3,(H2,17,18,19);1H. The Bertz CT molecular complexity index is 445. The van der Waals surface area contributed by atoms with Gasteiger partial charge in [0.25, 0.3) is 0 Å². The van der Waals surface area contributed by atoms with Crippen molar-refractivity contribution in [3.05, 3.63) is 21.3 Å². The second-order valence-corrected chi connectivity index (χ2v) is 6.83. The number of likely N-dealkylation sites (N-methyl/N-ethyl adjacent to an activating group) is 1. The third kappa shape index (κ3) is 11.1. The fourth-order valence-corrected chi connectivity index (χ4v) is 3.05. The van der Waals surface area contributed by atoms with Crippen molar-refractivity contribution in [2.45, 2.75) is 12.8 Å². The molecule has 0 aliphatic heterocycles. The number of guanidine groups is 1. The molecular formula is C15H28ClIN4OS. The van der Waals surface area contributed by atoms with Crippen molar-refractivity contribution in [2.24, 2.45) is 4.99 Å². The van der Waals surface area contributed by atoms with Crippen LogP contribution < -0.4 is 10.6 Å². The number of aliphatic imine (C=N–C) groups is 1. The molecule has 0 aromatic carbocycles. The van der Waals surface area contributed by atoms with Crippen molar-refractivity contribution in [3.63, 3.8) is 0 Å². The van der Waals surface area contributed by atoms with E-state index in [1.807, 2.05) is 6.07 Å². The number of nitrogens with zero attached hydrogens (tertiary/aromatic N) is 2. The summed E-state index contributed by atoms with van der Waals surface area (Å²) >= 11 is 7.55. The lowest BCUT2D eigenvalue weighted by atomic mass is 10.3. The van der Waals surface area contributed by atoms with Gasteiger partial charge in [-0.2, -0.15) is 0 Å². The Labute approximate surface area is 165 Å². The van der Waals surface area contributed by atoms with Crippen LogP contribution in [0.3, 0.4) is 0 Å². The van der Waals surface area contributed by atoms with Gasteiger partial charge in [-0.1, -0.05) is 11.6 Å². The maximum Gasteiger partial charge on any atom is 0.191 e. The topological polar surface area (TPSA) is 48.9 Å². The van der Waals surface area contributed by atoms with Crippen LogP contribution in [0.2, 0.25) is 4.34 Å². The molecule has 0 saturated carbocycles. The molecule has 23 heavy (non-hydrogen) atoms. The fourth-order valence-electron chi connectivity index (χ4n) is 1.97. The third-order valence-electron chi connectivity index (χ3n) is 3.19. The zero-order valence-corrected chi connectivity index (χ0v) is 18.0. The Morgan fingerprint density at radius 1 is 1.30 bits per heavy atom. The summed E-state index contributed by atoms with van der Waals surface area (Å²) in [6, 6.07) is 4.01. The molecule has 0 fully saturated rings. The Kier molecular flexibility index (Phi) is 14.2. The highest BCUT2D eigenvalue weighted by atomic mass is 127. The highest BCUT2D eigenvalue weighted by Crippen LogP contribution is 2.21. The average molecular weight is 475 g/mol. The van der Waals surface area contributed by atoms with Gasteiger partial charge in [-0.3, -0.25) is 4.99 Å². The smallest absolute Gasteiger partial charge is 0.191 e. The van der Waals surface area contributed by atoms with Gasteiger partial charge in [-0.05, 0) is 32.0 Å². The highest BCUT2D eigenvalue weighted by molar-refractivity contribution is 14.0. The summed E-state index contributed by atoms with van der Waals surface area (Å²) < 4.78 is 5.90. The van der Waals surface area contributed by atoms with Crippen molar-refractivity contribution in [1.82, 2.24) is 15.5 Å². The van der Waals surface area contributed by atoms with Gasteiger partial charge in [0.15, 0.2) is 5.96 Å². The lowest BCUT2D eigenvalue weighted by molar-refractivity contribution is 0.180. The van der Waals surface area contributed by atoms with E-state index in [-0.39, 0.29) is 24.0 Å². The molecule has 0 radical (unpaired) electrons. The molecule has 0 unspecified atom stereocenters. The number of ether oxygens (including phenoxy) is 1. The number of rotatable bonds is 10. The minimum Gasteiger partial charge on any atom is -0.385 e. The molecule has 0 aliphatic carbocycles. The Balaban J connectivity index is 0.00000484. The molecule has 1 heterocycles. The largest absolute Gasteiger partial charge is 0.385 e. The zero-order valence-electron chi connectivity index (χ0n) is 14.1. The van der Waals surface area contributed by atoms with Gasteiger partial charge in [0, 0.05) is 51.8 Å². The summed E-state index contributed by atoms with van der Waals surface area (Å²) in [6.07, 6.45) is 2.01. The molecule has 1 aromatic heterocycles. The molecule has 134 valence electrons. The second-order valence-electron chi connectivity index (χ2n) is 5.03. The molecule has 0 amide bonds. The zero-order chi connectivity index (χ0) is 16.2. The molecule has 5 nitrogen and oxygen atoms in total. The number of halogens is 2. The van der Waals surface area contributed by atoms with E-state index >= 15 is 0 Å². The van der Waals surface area contributed by atoms with E-state index in [1.54, 1.807) is 25.5 Å². The molecule has 2 N–H and O–H groups in total. The van der Waals surface area contributed by atoms with Crippen LogP contribution in [0.4, 0.5) is 0 Å². The van der Waals surface area contributed by atoms with Crippen LogP contribution in [0.25, 0.3) is 0 Å². The molecule has 0 saturated heterocycles. The van der Waals surface area contributed by atoms with Gasteiger partial charge < -0.3 is 20.3 Å². The van der Waals surface area contributed by atoms with Crippen molar-refractivity contribution in [3.8, 4) is 0 Å². The third-order valence-corrected chi connectivity index (χ3v) is 4.48. The van der Waals surface area contributed by atoms with Gasteiger partial charge in [0.1, 0.15) is 0 Å². The summed E-state index contributed by atoms with van der Waals surface area (Å²) in [6.45, 7) is 4.55. The predicted octanol–water partition coefficient (Wildman–Crippen LogP) is 2.70. The van der Waals surface area contributed by atoms with Gasteiger partial charge in [-0.15, -0.1) is 35.3 Å². The summed E-state index contributed by atoms with van der Waals surface area (Å²) in [4.78, 5) is 7.80. The minimum atomic E-state index is 0. The van der Waals surface area contributed by atoms with Crippen molar-refractivity contribution in [2.75, 3.05) is 54.0 Å². The number of methoxy groups -OCH3 is 1. The van der Waals surface area contributed by atoms with E-state index in [4.69, 9.17) is 16.3 Å². The van der Waals surface area contributed by atoms with Crippen LogP contribution in [0, 0.1) is 0 Å². The van der Waals surface area contributed by atoms with Gasteiger partial charge in [0.2, 0.25) is 0 Å². The lowest BCUT2D eigenvalue weighted by Crippen LogP contribution is -2.41. The first-order valence-electron chi connectivity index (χ1n) is 7.52. The van der Waals surface area contributed by atoms with Crippen molar-refractivity contribution < 1.29 is 4.74 Å². The monoisotopic (exact) mass is 474 g/mol. The first-order valence-corrected chi connectivity index (χ1v) is 8.71. The van der Waals surface area contributed by atoms with E-state index in [0.29, 0.717) is 0 Å². The van der Waals surface area contributed by atoms with Gasteiger partial charge in [0.05, 0.1) is 4.34 Å². The molecule has 1 rings (SSSR count). The molecule has 0 atom stereocenters. The first-order chi connectivity index (χ1) is 10.7. The molecular weight excluding hydrogens is 447 g/mol. The summed E-state index contributed by atoms with van der Waals surface area (Å²) in [5, 5.41) is 6.64. The van der Waals surface area contributed by atoms with E-state index in [1.165, 1.54) is 4.88 Å². The van der Waals surface area contributed by atoms with Crippen LogP contribution in [-0.2, 0) is 11.2 Å². The number of nitrogens with one attached hydrogen (secondary N) is 2. The second kappa shape index (κ2) is 14.3. The number of hydrogen-bond acceptors (Lipinski definition) is 4. The quantitative estimate of drug-likeness (QED) is 0.237. The SMILES string of the molecule is CN=C(NCCc1ccc(Cl)s1)NCCN(C)CCCOC.I. The van der Waals surface area contributed by atoms with Crippen LogP contribution in [-0.4, -0.2) is 64.9 Å². The average Bonchev–Trinajstić information content (AvgIpc) is 2.91.